The van der Waals surface area contributed by atoms with E-state index in [-0.39, 0.29) is 0 Å². The average Bonchev–Trinajstić information content (AvgIpc) is 2.98. The van der Waals surface area contributed by atoms with E-state index in [2.05, 4.69) is 62.8 Å². The zero-order valence-electron chi connectivity index (χ0n) is 27.8. The van der Waals surface area contributed by atoms with Crippen LogP contribution in [0.3, 0.4) is 0 Å². The van der Waals surface area contributed by atoms with Crippen molar-refractivity contribution in [3.05, 3.63) is 35.4 Å². The van der Waals surface area contributed by atoms with Crippen LogP contribution in [0.5, 0.6) is 0 Å². The second-order valence-corrected chi connectivity index (χ2v) is 12.7. The van der Waals surface area contributed by atoms with Crippen molar-refractivity contribution < 1.29 is 0 Å². The molecule has 0 fully saturated rings. The highest BCUT2D eigenvalue weighted by molar-refractivity contribution is 5.27. The van der Waals surface area contributed by atoms with E-state index in [1.54, 1.807) is 0 Å². The number of benzene rings is 1. The highest BCUT2D eigenvalue weighted by atomic mass is 14.9. The Bertz CT molecular complexity index is 570. The van der Waals surface area contributed by atoms with E-state index in [0.717, 1.165) is 0 Å². The molecule has 0 aliphatic carbocycles. The summed E-state index contributed by atoms with van der Waals surface area (Å²) in [6, 6.07) is 10.5. The van der Waals surface area contributed by atoms with Crippen LogP contribution in [-0.2, 0) is 0 Å². The fourth-order valence-electron chi connectivity index (χ4n) is 6.29. The monoisotopic (exact) mass is 557 g/mol. The molecule has 2 unspecified atom stereocenters. The normalized spacial score (nSPS) is 13.1. The van der Waals surface area contributed by atoms with Gasteiger partial charge in [0.05, 0.1) is 0 Å². The Morgan fingerprint density at radius 1 is 0.375 bits per heavy atom. The fourth-order valence-corrected chi connectivity index (χ4v) is 6.29. The first-order chi connectivity index (χ1) is 19.8. The summed E-state index contributed by atoms with van der Waals surface area (Å²) in [5, 5.41) is 7.17. The Morgan fingerprint density at radius 3 is 0.825 bits per heavy atom. The number of unbranched alkanes of at least 4 members (excludes halogenated alkanes) is 22. The number of hydrogen-bond donors (Lipinski definition) is 2. The summed E-state index contributed by atoms with van der Waals surface area (Å²) in [5.41, 5.74) is 2.91. The fraction of sp³-hybridized carbons (Fsp3) is 0.842. The first-order valence-corrected chi connectivity index (χ1v) is 18.2. The SMILES string of the molecule is CCCCCCCCCCCCCCC(NC)c1ccc(C(CCCCCCCCCCCCCC)NC)cc1. The Morgan fingerprint density at radius 2 is 0.600 bits per heavy atom. The summed E-state index contributed by atoms with van der Waals surface area (Å²) in [5.74, 6) is 0. The van der Waals surface area contributed by atoms with E-state index in [1.165, 1.54) is 178 Å². The summed E-state index contributed by atoms with van der Waals surface area (Å²) in [6.07, 6.45) is 36.6. The quantitative estimate of drug-likeness (QED) is 0.0921. The van der Waals surface area contributed by atoms with E-state index in [4.69, 9.17) is 0 Å². The van der Waals surface area contributed by atoms with Gasteiger partial charge in [-0.3, -0.25) is 0 Å². The molecule has 0 saturated heterocycles. The first kappa shape index (κ1) is 37.2. The molecule has 0 aromatic heterocycles. The maximum atomic E-state index is 3.58. The van der Waals surface area contributed by atoms with E-state index < -0.39 is 0 Å². The van der Waals surface area contributed by atoms with Gasteiger partial charge in [0.15, 0.2) is 0 Å². The predicted molar refractivity (Wildman–Crippen MR) is 181 cm³/mol. The van der Waals surface area contributed by atoms with Crippen LogP contribution in [0.15, 0.2) is 24.3 Å². The molecular formula is C38H72N2. The topological polar surface area (TPSA) is 24.1 Å². The van der Waals surface area contributed by atoms with Crippen molar-refractivity contribution in [2.75, 3.05) is 14.1 Å². The highest BCUT2D eigenvalue weighted by Gasteiger charge is 2.12. The molecule has 2 nitrogen and oxygen atoms in total. The Balaban J connectivity index is 2.14. The van der Waals surface area contributed by atoms with Crippen molar-refractivity contribution in [2.24, 2.45) is 0 Å². The minimum absolute atomic E-state index is 0.488. The van der Waals surface area contributed by atoms with Crippen molar-refractivity contribution in [1.82, 2.24) is 10.6 Å². The molecular weight excluding hydrogens is 484 g/mol. The third-order valence-electron chi connectivity index (χ3n) is 9.13. The molecule has 0 saturated carbocycles. The molecule has 0 aliphatic rings. The van der Waals surface area contributed by atoms with Crippen LogP contribution in [0.2, 0.25) is 0 Å². The molecule has 2 N–H and O–H groups in total. The van der Waals surface area contributed by atoms with Gasteiger partial charge in [-0.25, -0.2) is 0 Å². The molecule has 1 aromatic rings. The Kier molecular flexibility index (Phi) is 26.3. The predicted octanol–water partition coefficient (Wildman–Crippen LogP) is 12.4. The van der Waals surface area contributed by atoms with Crippen LogP contribution in [0, 0.1) is 0 Å². The van der Waals surface area contributed by atoms with Gasteiger partial charge in [-0.05, 0) is 38.1 Å². The minimum atomic E-state index is 0.488. The lowest BCUT2D eigenvalue weighted by molar-refractivity contribution is 0.487. The molecule has 2 heteroatoms. The average molecular weight is 557 g/mol. The third-order valence-corrected chi connectivity index (χ3v) is 9.13. The minimum Gasteiger partial charge on any atom is -0.313 e. The van der Waals surface area contributed by atoms with E-state index in [0.29, 0.717) is 12.1 Å². The first-order valence-electron chi connectivity index (χ1n) is 18.2. The van der Waals surface area contributed by atoms with Crippen LogP contribution < -0.4 is 10.6 Å². The zero-order valence-corrected chi connectivity index (χ0v) is 27.8. The molecule has 40 heavy (non-hydrogen) atoms. The summed E-state index contributed by atoms with van der Waals surface area (Å²) < 4.78 is 0. The summed E-state index contributed by atoms with van der Waals surface area (Å²) in [6.45, 7) is 4.60. The van der Waals surface area contributed by atoms with Crippen LogP contribution in [0.4, 0.5) is 0 Å². The zero-order chi connectivity index (χ0) is 28.9. The molecule has 2 atom stereocenters. The van der Waals surface area contributed by atoms with Gasteiger partial charge in [0.1, 0.15) is 0 Å². The molecule has 0 aliphatic heterocycles. The molecule has 0 spiro atoms. The lowest BCUT2D eigenvalue weighted by Crippen LogP contribution is -2.18. The largest absolute Gasteiger partial charge is 0.313 e. The number of hydrogen-bond acceptors (Lipinski definition) is 2. The molecule has 1 aromatic carbocycles. The van der Waals surface area contributed by atoms with Crippen LogP contribution in [0.1, 0.15) is 204 Å². The lowest BCUT2D eigenvalue weighted by Gasteiger charge is -2.20. The molecule has 234 valence electrons. The van der Waals surface area contributed by atoms with Gasteiger partial charge in [-0.2, -0.15) is 0 Å². The molecule has 1 rings (SSSR count). The summed E-state index contributed by atoms with van der Waals surface area (Å²) in [4.78, 5) is 0. The van der Waals surface area contributed by atoms with Gasteiger partial charge >= 0.3 is 0 Å². The highest BCUT2D eigenvalue weighted by Crippen LogP contribution is 2.25. The standard InChI is InChI=1S/C38H72N2/c1-5-7-9-11-13-15-17-19-21-23-25-27-29-37(39-3)35-31-33-36(34-32-35)38(40-4)30-28-26-24-22-20-18-16-14-12-10-8-6-2/h31-34,37-40H,5-30H2,1-4H3. The van der Waals surface area contributed by atoms with E-state index in [1.807, 2.05) is 0 Å². The molecule has 0 amide bonds. The van der Waals surface area contributed by atoms with Crippen LogP contribution in [0.25, 0.3) is 0 Å². The second kappa shape index (κ2) is 28.3. The Hall–Kier alpha value is -0.860. The molecule has 0 heterocycles. The van der Waals surface area contributed by atoms with Crippen molar-refractivity contribution in [1.29, 1.82) is 0 Å². The number of nitrogens with one attached hydrogen (secondary N) is 2. The van der Waals surface area contributed by atoms with Gasteiger partial charge in [0.2, 0.25) is 0 Å². The van der Waals surface area contributed by atoms with Crippen molar-refractivity contribution in [3.8, 4) is 0 Å². The maximum absolute atomic E-state index is 3.58. The van der Waals surface area contributed by atoms with Gasteiger partial charge in [-0.1, -0.05) is 192 Å². The second-order valence-electron chi connectivity index (χ2n) is 12.7. The Labute approximate surface area is 252 Å². The van der Waals surface area contributed by atoms with Crippen LogP contribution in [-0.4, -0.2) is 14.1 Å². The van der Waals surface area contributed by atoms with E-state index in [9.17, 15) is 0 Å². The van der Waals surface area contributed by atoms with Gasteiger partial charge in [0, 0.05) is 12.1 Å². The van der Waals surface area contributed by atoms with Crippen molar-refractivity contribution >= 4 is 0 Å². The van der Waals surface area contributed by atoms with E-state index >= 15 is 0 Å². The van der Waals surface area contributed by atoms with Gasteiger partial charge in [-0.15, -0.1) is 0 Å². The van der Waals surface area contributed by atoms with Crippen LogP contribution >= 0.6 is 0 Å². The number of rotatable bonds is 30. The van der Waals surface area contributed by atoms with Gasteiger partial charge in [0.25, 0.3) is 0 Å². The van der Waals surface area contributed by atoms with Crippen molar-refractivity contribution in [3.63, 3.8) is 0 Å². The summed E-state index contributed by atoms with van der Waals surface area (Å²) in [7, 11) is 4.26. The smallest absolute Gasteiger partial charge is 0.0317 e. The maximum Gasteiger partial charge on any atom is 0.0317 e. The summed E-state index contributed by atoms with van der Waals surface area (Å²) >= 11 is 0. The third kappa shape index (κ3) is 20.1. The lowest BCUT2D eigenvalue weighted by atomic mass is 9.95. The van der Waals surface area contributed by atoms with Gasteiger partial charge < -0.3 is 10.6 Å². The molecule has 0 bridgehead atoms. The van der Waals surface area contributed by atoms with Crippen molar-refractivity contribution in [2.45, 2.75) is 193 Å². The molecule has 0 radical (unpaired) electrons.